The molecule has 0 aliphatic carbocycles. The van der Waals surface area contributed by atoms with Crippen molar-refractivity contribution in [3.05, 3.63) is 20.8 Å². The van der Waals surface area contributed by atoms with Crippen LogP contribution < -0.4 is 0 Å². The highest BCUT2D eigenvalue weighted by atomic mass is 79.9. The second-order valence-corrected chi connectivity index (χ2v) is 6.09. The zero-order valence-electron chi connectivity index (χ0n) is 10.1. The Balaban J connectivity index is 2.49. The fourth-order valence-electron chi connectivity index (χ4n) is 1.47. The predicted octanol–water partition coefficient (Wildman–Crippen LogP) is 4.35. The number of thiophene rings is 1. The van der Waals surface area contributed by atoms with Crippen molar-refractivity contribution < 1.29 is 4.79 Å². The second-order valence-electron chi connectivity index (χ2n) is 4.04. The van der Waals surface area contributed by atoms with Gasteiger partial charge in [-0.2, -0.15) is 0 Å². The molecule has 0 aliphatic rings. The Labute approximate surface area is 120 Å². The summed E-state index contributed by atoms with van der Waals surface area (Å²) in [5.41, 5.74) is 0.979. The lowest BCUT2D eigenvalue weighted by atomic mass is 10.2. The number of carbonyl (C=O) groups is 1. The molecule has 0 fully saturated rings. The molecule has 17 heavy (non-hydrogen) atoms. The molecule has 1 amide bonds. The maximum Gasteiger partial charge on any atom is 0.265 e. The van der Waals surface area contributed by atoms with Gasteiger partial charge >= 0.3 is 0 Å². The minimum atomic E-state index is 0.0342. The number of nitrogens with zero attached hydrogens (tertiary/aromatic N) is 1. The zero-order valence-corrected chi connectivity index (χ0v) is 13.3. The van der Waals surface area contributed by atoms with Crippen molar-refractivity contribution in [2.45, 2.75) is 26.2 Å². The van der Waals surface area contributed by atoms with Crippen molar-refractivity contribution in [1.82, 2.24) is 4.90 Å². The average molecular weight is 339 g/mol. The van der Waals surface area contributed by atoms with Crippen molar-refractivity contribution in [2.75, 3.05) is 18.9 Å². The molecule has 2 nitrogen and oxygen atoms in total. The zero-order chi connectivity index (χ0) is 12.8. The average Bonchev–Trinajstić information content (AvgIpc) is 2.64. The summed E-state index contributed by atoms with van der Waals surface area (Å²) in [4.78, 5) is 14.5. The molecule has 1 rings (SSSR count). The van der Waals surface area contributed by atoms with Crippen LogP contribution in [-0.4, -0.2) is 29.7 Å². The third-order valence-electron chi connectivity index (χ3n) is 2.57. The van der Waals surface area contributed by atoms with Crippen LogP contribution in [0.25, 0.3) is 0 Å². The van der Waals surface area contributed by atoms with E-state index in [4.69, 9.17) is 11.6 Å². The van der Waals surface area contributed by atoms with Gasteiger partial charge in [0.25, 0.3) is 5.91 Å². The van der Waals surface area contributed by atoms with Crippen molar-refractivity contribution in [1.29, 1.82) is 0 Å². The molecule has 0 spiro atoms. The fraction of sp³-hybridized carbons (Fsp3) is 0.583. The van der Waals surface area contributed by atoms with E-state index >= 15 is 0 Å². The molecule has 0 saturated heterocycles. The van der Waals surface area contributed by atoms with Gasteiger partial charge in [0.2, 0.25) is 0 Å². The molecule has 5 heteroatoms. The quantitative estimate of drug-likeness (QED) is 0.558. The molecule has 0 atom stereocenters. The molecular weight excluding hydrogens is 322 g/mol. The smallest absolute Gasteiger partial charge is 0.265 e. The Morgan fingerprint density at radius 1 is 1.47 bits per heavy atom. The number of hydrogen-bond acceptors (Lipinski definition) is 2. The first-order valence-corrected chi connectivity index (χ1v) is 8.01. The van der Waals surface area contributed by atoms with Crippen molar-refractivity contribution in [2.24, 2.45) is 0 Å². The van der Waals surface area contributed by atoms with E-state index in [2.05, 4.69) is 15.9 Å². The monoisotopic (exact) mass is 337 g/mol. The van der Waals surface area contributed by atoms with Gasteiger partial charge in [0.05, 0.1) is 5.02 Å². The molecule has 1 heterocycles. The van der Waals surface area contributed by atoms with Crippen molar-refractivity contribution >= 4 is 44.8 Å². The van der Waals surface area contributed by atoms with Crippen LogP contribution in [0.2, 0.25) is 5.02 Å². The van der Waals surface area contributed by atoms with E-state index in [0.717, 1.165) is 36.7 Å². The van der Waals surface area contributed by atoms with E-state index in [1.54, 1.807) is 4.90 Å². The number of aryl methyl sites for hydroxylation is 1. The first kappa shape index (κ1) is 15.0. The van der Waals surface area contributed by atoms with Gasteiger partial charge in [-0.3, -0.25) is 4.79 Å². The number of amides is 1. The molecule has 0 bridgehead atoms. The molecule has 1 aromatic heterocycles. The number of hydrogen-bond donors (Lipinski definition) is 0. The van der Waals surface area contributed by atoms with Gasteiger partial charge in [-0.05, 0) is 30.7 Å². The Kier molecular flexibility index (Phi) is 6.52. The van der Waals surface area contributed by atoms with E-state index in [1.165, 1.54) is 11.3 Å². The first-order chi connectivity index (χ1) is 8.07. The van der Waals surface area contributed by atoms with Crippen LogP contribution in [0.3, 0.4) is 0 Å². The van der Waals surface area contributed by atoms with Gasteiger partial charge in [0, 0.05) is 18.9 Å². The topological polar surface area (TPSA) is 20.3 Å². The highest BCUT2D eigenvalue weighted by Crippen LogP contribution is 2.28. The minimum Gasteiger partial charge on any atom is -0.341 e. The van der Waals surface area contributed by atoms with Crippen molar-refractivity contribution in [3.63, 3.8) is 0 Å². The number of alkyl halides is 1. The van der Waals surface area contributed by atoms with Gasteiger partial charge in [0.1, 0.15) is 4.88 Å². The minimum absolute atomic E-state index is 0.0342. The third kappa shape index (κ3) is 4.27. The van der Waals surface area contributed by atoms with E-state index in [1.807, 2.05) is 19.4 Å². The lowest BCUT2D eigenvalue weighted by Crippen LogP contribution is -2.27. The lowest BCUT2D eigenvalue weighted by Gasteiger charge is -2.16. The van der Waals surface area contributed by atoms with Crippen LogP contribution in [0.5, 0.6) is 0 Å². The second kappa shape index (κ2) is 7.39. The number of carbonyl (C=O) groups excluding carboxylic acids is 1. The standard InChI is InChI=1S/C12H17BrClNOS/c1-9-8-17-11(10(9)14)12(16)15(2)7-5-3-4-6-13/h8H,3-7H2,1-2H3. The molecule has 0 saturated carbocycles. The molecule has 0 N–H and O–H groups in total. The largest absolute Gasteiger partial charge is 0.341 e. The lowest BCUT2D eigenvalue weighted by molar-refractivity contribution is 0.0797. The van der Waals surface area contributed by atoms with Crippen LogP contribution in [0.4, 0.5) is 0 Å². The molecule has 96 valence electrons. The Morgan fingerprint density at radius 3 is 2.71 bits per heavy atom. The Hall–Kier alpha value is -0.0600. The molecule has 0 aromatic carbocycles. The van der Waals surface area contributed by atoms with E-state index in [9.17, 15) is 4.79 Å². The number of unbranched alkanes of at least 4 members (excludes halogenated alkanes) is 2. The molecule has 0 unspecified atom stereocenters. The summed E-state index contributed by atoms with van der Waals surface area (Å²) in [7, 11) is 1.84. The SMILES string of the molecule is Cc1csc(C(=O)N(C)CCCCCBr)c1Cl. The Bertz CT molecular complexity index is 381. The van der Waals surface area contributed by atoms with Crippen LogP contribution in [0.1, 0.15) is 34.5 Å². The van der Waals surface area contributed by atoms with Crippen molar-refractivity contribution in [3.8, 4) is 0 Å². The van der Waals surface area contributed by atoms with Crippen LogP contribution in [0.15, 0.2) is 5.38 Å². The normalized spacial score (nSPS) is 10.6. The Morgan fingerprint density at radius 2 is 2.18 bits per heavy atom. The summed E-state index contributed by atoms with van der Waals surface area (Å²) in [6.07, 6.45) is 3.33. The van der Waals surface area contributed by atoms with Crippen LogP contribution in [-0.2, 0) is 0 Å². The number of halogens is 2. The van der Waals surface area contributed by atoms with E-state index in [0.29, 0.717) is 9.90 Å². The highest BCUT2D eigenvalue weighted by Gasteiger charge is 2.17. The molecule has 0 radical (unpaired) electrons. The summed E-state index contributed by atoms with van der Waals surface area (Å²) in [6, 6.07) is 0. The van der Waals surface area contributed by atoms with Crippen LogP contribution >= 0.6 is 38.9 Å². The predicted molar refractivity (Wildman–Crippen MR) is 78.7 cm³/mol. The molecule has 0 aliphatic heterocycles. The van der Waals surface area contributed by atoms with Gasteiger partial charge in [-0.25, -0.2) is 0 Å². The van der Waals surface area contributed by atoms with Crippen LogP contribution in [0, 0.1) is 6.92 Å². The maximum atomic E-state index is 12.1. The summed E-state index contributed by atoms with van der Waals surface area (Å²) in [5.74, 6) is 0.0342. The van der Waals surface area contributed by atoms with Gasteiger partial charge < -0.3 is 4.90 Å². The first-order valence-electron chi connectivity index (χ1n) is 5.63. The highest BCUT2D eigenvalue weighted by molar-refractivity contribution is 9.09. The third-order valence-corrected chi connectivity index (χ3v) is 4.81. The summed E-state index contributed by atoms with van der Waals surface area (Å²) < 4.78 is 0. The molecule has 1 aromatic rings. The maximum absolute atomic E-state index is 12.1. The summed E-state index contributed by atoms with van der Waals surface area (Å²) in [5, 5.41) is 3.56. The molecular formula is C12H17BrClNOS. The summed E-state index contributed by atoms with van der Waals surface area (Å²) >= 11 is 10.9. The van der Waals surface area contributed by atoms with Gasteiger partial charge in [-0.1, -0.05) is 34.0 Å². The van der Waals surface area contributed by atoms with Gasteiger partial charge in [-0.15, -0.1) is 11.3 Å². The fourth-order valence-corrected chi connectivity index (χ4v) is 3.13. The van der Waals surface area contributed by atoms with Gasteiger partial charge in [0.15, 0.2) is 0 Å². The van der Waals surface area contributed by atoms with E-state index in [-0.39, 0.29) is 5.91 Å². The number of rotatable bonds is 6. The summed E-state index contributed by atoms with van der Waals surface area (Å²) in [6.45, 7) is 2.71. The van der Waals surface area contributed by atoms with E-state index < -0.39 is 0 Å².